The summed E-state index contributed by atoms with van der Waals surface area (Å²) in [4.78, 5) is 0. The van der Waals surface area contributed by atoms with Crippen LogP contribution in [-0.4, -0.2) is 29.0 Å². The zero-order valence-electron chi connectivity index (χ0n) is 10.9. The molecule has 112 valence electrons. The van der Waals surface area contributed by atoms with E-state index < -0.39 is 40.3 Å². The summed E-state index contributed by atoms with van der Waals surface area (Å²) < 4.78 is 57.9. The molecule has 2 rings (SSSR count). The van der Waals surface area contributed by atoms with Gasteiger partial charge in [0.2, 0.25) is 0 Å². The SMILES string of the molecule is C[C@](N)(CS1(=O)=NCC(F)(F)CN1)c1ccccc1F. The molecular weight excluding hydrogens is 291 g/mol. The molecule has 8 heteroatoms. The molecule has 0 amide bonds. The minimum atomic E-state index is -3.08. The van der Waals surface area contributed by atoms with E-state index in [2.05, 4.69) is 9.08 Å². The highest BCUT2D eigenvalue weighted by atomic mass is 32.2. The Morgan fingerprint density at radius 1 is 1.50 bits per heavy atom. The molecule has 3 N–H and O–H groups in total. The second-order valence-electron chi connectivity index (χ2n) is 5.15. The molecule has 0 aliphatic carbocycles. The Morgan fingerprint density at radius 2 is 2.15 bits per heavy atom. The van der Waals surface area contributed by atoms with Gasteiger partial charge in [-0.2, -0.15) is 0 Å². The molecule has 1 unspecified atom stereocenters. The topological polar surface area (TPSA) is 67.5 Å². The van der Waals surface area contributed by atoms with E-state index in [1.165, 1.54) is 25.1 Å². The second kappa shape index (κ2) is 5.01. The number of hydrogen-bond donors (Lipinski definition) is 2. The normalized spacial score (nSPS) is 28.4. The van der Waals surface area contributed by atoms with Crippen molar-refractivity contribution in [1.82, 2.24) is 4.72 Å². The van der Waals surface area contributed by atoms with Crippen molar-refractivity contribution in [3.63, 3.8) is 0 Å². The first kappa shape index (κ1) is 15.3. The number of benzene rings is 1. The van der Waals surface area contributed by atoms with Gasteiger partial charge >= 0.3 is 0 Å². The number of nitrogens with one attached hydrogen (secondary N) is 1. The van der Waals surface area contributed by atoms with Crippen molar-refractivity contribution < 1.29 is 17.4 Å². The maximum Gasteiger partial charge on any atom is 0.281 e. The largest absolute Gasteiger partial charge is 0.321 e. The summed E-state index contributed by atoms with van der Waals surface area (Å²) in [7, 11) is -3.08. The van der Waals surface area contributed by atoms with E-state index in [9.17, 15) is 17.4 Å². The van der Waals surface area contributed by atoms with Gasteiger partial charge in [0.15, 0.2) is 0 Å². The minimum Gasteiger partial charge on any atom is -0.321 e. The fourth-order valence-electron chi connectivity index (χ4n) is 2.02. The van der Waals surface area contributed by atoms with Crippen molar-refractivity contribution in [1.29, 1.82) is 0 Å². The number of rotatable bonds is 3. The van der Waals surface area contributed by atoms with Gasteiger partial charge in [-0.15, -0.1) is 0 Å². The summed E-state index contributed by atoms with van der Waals surface area (Å²) in [6.07, 6.45) is 0. The molecule has 1 aliphatic heterocycles. The first-order chi connectivity index (χ1) is 9.14. The van der Waals surface area contributed by atoms with Gasteiger partial charge in [-0.05, 0) is 13.0 Å². The lowest BCUT2D eigenvalue weighted by molar-refractivity contribution is 0.0151. The zero-order valence-corrected chi connectivity index (χ0v) is 11.7. The highest BCUT2D eigenvalue weighted by Gasteiger charge is 2.37. The summed E-state index contributed by atoms with van der Waals surface area (Å²) in [6, 6.07) is 5.84. The van der Waals surface area contributed by atoms with Gasteiger partial charge in [-0.1, -0.05) is 18.2 Å². The number of hydrogen-bond acceptors (Lipinski definition) is 3. The molecule has 1 aliphatic rings. The summed E-state index contributed by atoms with van der Waals surface area (Å²) in [5.74, 6) is -3.78. The molecule has 0 spiro atoms. The quantitative estimate of drug-likeness (QED) is 0.891. The van der Waals surface area contributed by atoms with Crippen molar-refractivity contribution in [2.45, 2.75) is 18.4 Å². The first-order valence-corrected chi connectivity index (χ1v) is 7.69. The van der Waals surface area contributed by atoms with E-state index in [4.69, 9.17) is 5.73 Å². The van der Waals surface area contributed by atoms with E-state index in [-0.39, 0.29) is 11.3 Å². The van der Waals surface area contributed by atoms with Gasteiger partial charge in [0.25, 0.3) is 5.92 Å². The second-order valence-corrected chi connectivity index (χ2v) is 7.26. The van der Waals surface area contributed by atoms with E-state index in [1.807, 2.05) is 0 Å². The molecule has 0 saturated heterocycles. The Balaban J connectivity index is 2.28. The molecule has 1 aromatic carbocycles. The lowest BCUT2D eigenvalue weighted by Crippen LogP contribution is -2.50. The van der Waals surface area contributed by atoms with Crippen LogP contribution in [-0.2, 0) is 15.5 Å². The Labute approximate surface area is 115 Å². The Morgan fingerprint density at radius 3 is 2.70 bits per heavy atom. The molecule has 2 atom stereocenters. The van der Waals surface area contributed by atoms with Crippen molar-refractivity contribution in [2.75, 3.05) is 18.8 Å². The van der Waals surface area contributed by atoms with Crippen LogP contribution in [0.1, 0.15) is 12.5 Å². The number of alkyl halides is 2. The van der Waals surface area contributed by atoms with Crippen molar-refractivity contribution in [2.24, 2.45) is 10.1 Å². The average Bonchev–Trinajstić information content (AvgIpc) is 2.33. The molecule has 0 fully saturated rings. The molecule has 1 heterocycles. The van der Waals surface area contributed by atoms with E-state index in [0.717, 1.165) is 0 Å². The van der Waals surface area contributed by atoms with Gasteiger partial charge < -0.3 is 5.73 Å². The standard InChI is InChI=1S/C12H16F3N3OS/c1-11(16,9-4-2-3-5-10(9)13)8-20(19)17-6-12(14,15)7-18-20/h2-5H,6-8,16H2,1H3,(H,17,18,19)/t11-/m0/s1. The molecular formula is C12H16F3N3OS. The van der Waals surface area contributed by atoms with E-state index in [0.29, 0.717) is 0 Å². The Bertz CT molecular complexity index is 624. The summed E-state index contributed by atoms with van der Waals surface area (Å²) in [5.41, 5.74) is 4.92. The fraction of sp³-hybridized carbons (Fsp3) is 0.500. The highest BCUT2D eigenvalue weighted by Crippen LogP contribution is 2.25. The Kier molecular flexibility index (Phi) is 3.83. The number of nitrogens with two attached hydrogens (primary N) is 1. The summed E-state index contributed by atoms with van der Waals surface area (Å²) in [5, 5.41) is 0. The molecule has 20 heavy (non-hydrogen) atoms. The smallest absolute Gasteiger partial charge is 0.281 e. The molecule has 4 nitrogen and oxygen atoms in total. The third kappa shape index (κ3) is 3.31. The first-order valence-electron chi connectivity index (χ1n) is 6.01. The third-order valence-electron chi connectivity index (χ3n) is 3.05. The van der Waals surface area contributed by atoms with Crippen molar-refractivity contribution in [3.05, 3.63) is 35.6 Å². The van der Waals surface area contributed by atoms with Gasteiger partial charge in [-0.3, -0.25) is 0 Å². The average molecular weight is 307 g/mol. The van der Waals surface area contributed by atoms with Crippen molar-refractivity contribution in [3.8, 4) is 0 Å². The monoisotopic (exact) mass is 307 g/mol. The maximum atomic E-state index is 13.7. The maximum absolute atomic E-state index is 13.7. The highest BCUT2D eigenvalue weighted by molar-refractivity contribution is 7.91. The van der Waals surface area contributed by atoms with Gasteiger partial charge in [0, 0.05) is 5.56 Å². The van der Waals surface area contributed by atoms with Crippen LogP contribution < -0.4 is 10.5 Å². The third-order valence-corrected chi connectivity index (χ3v) is 5.18. The fourth-order valence-corrected chi connectivity index (χ4v) is 4.11. The molecule has 0 bridgehead atoms. The summed E-state index contributed by atoms with van der Waals surface area (Å²) in [6.45, 7) is -0.0309. The van der Waals surface area contributed by atoms with Crippen LogP contribution in [0.3, 0.4) is 0 Å². The van der Waals surface area contributed by atoms with Gasteiger partial charge in [0.05, 0.1) is 17.8 Å². The summed E-state index contributed by atoms with van der Waals surface area (Å²) >= 11 is 0. The van der Waals surface area contributed by atoms with E-state index >= 15 is 0 Å². The minimum absolute atomic E-state index is 0.178. The lowest BCUT2D eigenvalue weighted by atomic mass is 9.95. The van der Waals surface area contributed by atoms with Crippen LogP contribution in [0, 0.1) is 5.82 Å². The predicted octanol–water partition coefficient (Wildman–Crippen LogP) is 1.62. The lowest BCUT2D eigenvalue weighted by Gasteiger charge is -2.30. The van der Waals surface area contributed by atoms with Crippen LogP contribution in [0.4, 0.5) is 13.2 Å². The van der Waals surface area contributed by atoms with Crippen LogP contribution >= 0.6 is 0 Å². The molecule has 0 aromatic heterocycles. The number of halogens is 3. The zero-order chi connectivity index (χ0) is 15.0. The van der Waals surface area contributed by atoms with Crippen LogP contribution in [0.15, 0.2) is 28.6 Å². The van der Waals surface area contributed by atoms with Crippen LogP contribution in [0.2, 0.25) is 0 Å². The van der Waals surface area contributed by atoms with Gasteiger partial charge in [-0.25, -0.2) is 26.5 Å². The number of nitrogens with zero attached hydrogens (tertiary/aromatic N) is 1. The van der Waals surface area contributed by atoms with E-state index in [1.54, 1.807) is 6.07 Å². The van der Waals surface area contributed by atoms with Crippen molar-refractivity contribution >= 4 is 9.92 Å². The molecule has 0 saturated carbocycles. The van der Waals surface area contributed by atoms with Crippen LogP contribution in [0.25, 0.3) is 0 Å². The predicted molar refractivity (Wildman–Crippen MR) is 71.2 cm³/mol. The van der Waals surface area contributed by atoms with Crippen LogP contribution in [0.5, 0.6) is 0 Å². The van der Waals surface area contributed by atoms with Gasteiger partial charge in [0.1, 0.15) is 22.3 Å². The molecule has 0 radical (unpaired) electrons. The Hall–Kier alpha value is -1.12. The molecule has 1 aromatic rings.